The maximum absolute atomic E-state index is 12.3. The summed E-state index contributed by atoms with van der Waals surface area (Å²) >= 11 is 1.68. The molecule has 0 bridgehead atoms. The predicted octanol–water partition coefficient (Wildman–Crippen LogP) is 3.42. The topological polar surface area (TPSA) is 50.2 Å². The Morgan fingerprint density at radius 2 is 2.08 bits per heavy atom. The summed E-state index contributed by atoms with van der Waals surface area (Å²) in [7, 11) is 3.92. The lowest BCUT2D eigenvalue weighted by atomic mass is 10.2. The Kier molecular flexibility index (Phi) is 5.19. The highest BCUT2D eigenvalue weighted by atomic mass is 32.1. The van der Waals surface area contributed by atoms with Gasteiger partial charge in [-0.05, 0) is 42.6 Å². The first-order chi connectivity index (χ1) is 12.0. The fraction of sp³-hybridized carbons (Fsp3) is 0.263. The smallest absolute Gasteiger partial charge is 0.251 e. The van der Waals surface area contributed by atoms with Crippen LogP contribution in [0.25, 0.3) is 10.6 Å². The van der Waals surface area contributed by atoms with E-state index in [9.17, 15) is 4.79 Å². The van der Waals surface area contributed by atoms with Crippen LogP contribution in [0, 0.1) is 6.92 Å². The van der Waals surface area contributed by atoms with Crippen LogP contribution in [0.3, 0.4) is 0 Å². The van der Waals surface area contributed by atoms with E-state index in [0.29, 0.717) is 18.7 Å². The molecule has 0 saturated carbocycles. The number of aryl methyl sites for hydroxylation is 1. The number of hydrogen-bond donors (Lipinski definition) is 1. The molecule has 5 nitrogen and oxygen atoms in total. The number of benzene rings is 1. The summed E-state index contributed by atoms with van der Waals surface area (Å²) in [6.07, 6.45) is 0. The molecule has 0 unspecified atom stereocenters. The van der Waals surface area contributed by atoms with E-state index in [-0.39, 0.29) is 5.91 Å². The maximum atomic E-state index is 12.3. The summed E-state index contributed by atoms with van der Waals surface area (Å²) in [6.45, 7) is 3.22. The van der Waals surface area contributed by atoms with E-state index in [4.69, 9.17) is 0 Å². The van der Waals surface area contributed by atoms with Gasteiger partial charge in [-0.2, -0.15) is 5.10 Å². The summed E-state index contributed by atoms with van der Waals surface area (Å²) < 4.78 is 1.94. The molecule has 0 spiro atoms. The highest BCUT2D eigenvalue weighted by Gasteiger charge is 2.09. The van der Waals surface area contributed by atoms with Crippen molar-refractivity contribution in [3.8, 4) is 10.6 Å². The van der Waals surface area contributed by atoms with Crippen LogP contribution < -0.4 is 10.2 Å². The summed E-state index contributed by atoms with van der Waals surface area (Å²) in [5.41, 5.74) is 3.75. The van der Waals surface area contributed by atoms with Crippen molar-refractivity contribution in [3.63, 3.8) is 0 Å². The standard InChI is InChI=1S/C19H22N4OS/c1-14-12-17(18-8-5-11-25-18)21-23(14)10-9-20-19(24)15-6-4-7-16(13-15)22(2)3/h4-8,11-13H,9-10H2,1-3H3,(H,20,24). The van der Waals surface area contributed by atoms with Crippen molar-refractivity contribution < 1.29 is 4.79 Å². The first-order valence-electron chi connectivity index (χ1n) is 8.18. The fourth-order valence-corrected chi connectivity index (χ4v) is 3.27. The Labute approximate surface area is 151 Å². The molecule has 1 aromatic carbocycles. The fourth-order valence-electron chi connectivity index (χ4n) is 2.58. The van der Waals surface area contributed by atoms with Gasteiger partial charge in [-0.15, -0.1) is 11.3 Å². The largest absolute Gasteiger partial charge is 0.378 e. The Morgan fingerprint density at radius 3 is 2.80 bits per heavy atom. The third-order valence-corrected chi connectivity index (χ3v) is 4.88. The number of thiophene rings is 1. The van der Waals surface area contributed by atoms with Crippen LogP contribution in [-0.4, -0.2) is 36.3 Å². The number of carbonyl (C=O) groups excluding carboxylic acids is 1. The van der Waals surface area contributed by atoms with E-state index in [2.05, 4.69) is 22.5 Å². The lowest BCUT2D eigenvalue weighted by Gasteiger charge is -2.13. The third kappa shape index (κ3) is 4.09. The second kappa shape index (κ2) is 7.53. The summed E-state index contributed by atoms with van der Waals surface area (Å²) in [5.74, 6) is -0.0630. The van der Waals surface area contributed by atoms with Crippen molar-refractivity contribution in [1.82, 2.24) is 15.1 Å². The van der Waals surface area contributed by atoms with E-state index >= 15 is 0 Å². The summed E-state index contributed by atoms with van der Waals surface area (Å²) in [4.78, 5) is 15.5. The lowest BCUT2D eigenvalue weighted by Crippen LogP contribution is -2.28. The van der Waals surface area contributed by atoms with Crippen LogP contribution >= 0.6 is 11.3 Å². The van der Waals surface area contributed by atoms with E-state index in [0.717, 1.165) is 22.0 Å². The zero-order valence-corrected chi connectivity index (χ0v) is 15.5. The van der Waals surface area contributed by atoms with Crippen molar-refractivity contribution >= 4 is 22.9 Å². The average molecular weight is 354 g/mol. The molecule has 2 heterocycles. The van der Waals surface area contributed by atoms with Crippen molar-refractivity contribution in [2.45, 2.75) is 13.5 Å². The predicted molar refractivity (Wildman–Crippen MR) is 103 cm³/mol. The molecule has 1 amide bonds. The van der Waals surface area contributed by atoms with Crippen LogP contribution in [0.1, 0.15) is 16.1 Å². The second-order valence-electron chi connectivity index (χ2n) is 6.07. The molecular formula is C19H22N4OS. The van der Waals surface area contributed by atoms with Gasteiger partial charge >= 0.3 is 0 Å². The van der Waals surface area contributed by atoms with Gasteiger partial charge in [0.2, 0.25) is 0 Å². The number of rotatable bonds is 6. The van der Waals surface area contributed by atoms with Crippen LogP contribution in [0.4, 0.5) is 5.69 Å². The Hall–Kier alpha value is -2.60. The van der Waals surface area contributed by atoms with Gasteiger partial charge < -0.3 is 10.2 Å². The van der Waals surface area contributed by atoms with E-state index < -0.39 is 0 Å². The first-order valence-corrected chi connectivity index (χ1v) is 9.06. The van der Waals surface area contributed by atoms with Gasteiger partial charge in [0.15, 0.2) is 0 Å². The molecule has 3 rings (SSSR count). The van der Waals surface area contributed by atoms with E-state index in [1.807, 2.05) is 66.3 Å². The molecule has 3 aromatic rings. The zero-order chi connectivity index (χ0) is 17.8. The molecule has 1 N–H and O–H groups in total. The van der Waals surface area contributed by atoms with Crippen molar-refractivity contribution in [3.05, 3.63) is 59.1 Å². The van der Waals surface area contributed by atoms with E-state index in [1.165, 1.54) is 0 Å². The molecular weight excluding hydrogens is 332 g/mol. The Morgan fingerprint density at radius 1 is 1.24 bits per heavy atom. The number of amides is 1. The van der Waals surface area contributed by atoms with Gasteiger partial charge in [-0.25, -0.2) is 0 Å². The Balaban J connectivity index is 1.60. The molecule has 130 valence electrons. The molecule has 25 heavy (non-hydrogen) atoms. The molecule has 6 heteroatoms. The first kappa shape index (κ1) is 17.2. The van der Waals surface area contributed by atoms with Crippen molar-refractivity contribution in [2.75, 3.05) is 25.5 Å². The van der Waals surface area contributed by atoms with E-state index in [1.54, 1.807) is 11.3 Å². The molecule has 0 radical (unpaired) electrons. The number of nitrogens with zero attached hydrogens (tertiary/aromatic N) is 3. The average Bonchev–Trinajstić information content (AvgIpc) is 3.25. The summed E-state index contributed by atoms with van der Waals surface area (Å²) in [6, 6.07) is 13.8. The second-order valence-corrected chi connectivity index (χ2v) is 7.02. The van der Waals surface area contributed by atoms with Crippen LogP contribution in [0.5, 0.6) is 0 Å². The molecule has 0 aliphatic carbocycles. The number of anilines is 1. The SMILES string of the molecule is Cc1cc(-c2cccs2)nn1CCNC(=O)c1cccc(N(C)C)c1. The normalized spacial score (nSPS) is 10.7. The highest BCUT2D eigenvalue weighted by Crippen LogP contribution is 2.23. The van der Waals surface area contributed by atoms with Crippen molar-refractivity contribution in [1.29, 1.82) is 0 Å². The van der Waals surface area contributed by atoms with Gasteiger partial charge in [-0.3, -0.25) is 9.48 Å². The molecule has 0 saturated heterocycles. The minimum Gasteiger partial charge on any atom is -0.378 e. The minimum atomic E-state index is -0.0630. The third-order valence-electron chi connectivity index (χ3n) is 3.99. The number of hydrogen-bond acceptors (Lipinski definition) is 4. The van der Waals surface area contributed by atoms with Gasteiger partial charge in [0.1, 0.15) is 5.69 Å². The molecule has 0 fully saturated rings. The van der Waals surface area contributed by atoms with Gasteiger partial charge in [0.05, 0.1) is 11.4 Å². The highest BCUT2D eigenvalue weighted by molar-refractivity contribution is 7.13. The van der Waals surface area contributed by atoms with Gasteiger partial charge in [0.25, 0.3) is 5.91 Å². The molecule has 0 aliphatic heterocycles. The van der Waals surface area contributed by atoms with Gasteiger partial charge in [0, 0.05) is 37.6 Å². The van der Waals surface area contributed by atoms with Crippen LogP contribution in [0.2, 0.25) is 0 Å². The zero-order valence-electron chi connectivity index (χ0n) is 14.7. The Bertz CT molecular complexity index is 852. The van der Waals surface area contributed by atoms with Gasteiger partial charge in [-0.1, -0.05) is 12.1 Å². The molecule has 0 atom stereocenters. The number of aromatic nitrogens is 2. The minimum absolute atomic E-state index is 0.0630. The monoisotopic (exact) mass is 354 g/mol. The number of carbonyl (C=O) groups is 1. The lowest BCUT2D eigenvalue weighted by molar-refractivity contribution is 0.0952. The van der Waals surface area contributed by atoms with Crippen LogP contribution in [-0.2, 0) is 6.54 Å². The van der Waals surface area contributed by atoms with Crippen LogP contribution in [0.15, 0.2) is 47.8 Å². The maximum Gasteiger partial charge on any atom is 0.251 e. The molecule has 0 aliphatic rings. The number of nitrogens with one attached hydrogen (secondary N) is 1. The molecule has 2 aromatic heterocycles. The summed E-state index contributed by atoms with van der Waals surface area (Å²) in [5, 5.41) is 9.64. The van der Waals surface area contributed by atoms with Crippen molar-refractivity contribution in [2.24, 2.45) is 0 Å². The quantitative estimate of drug-likeness (QED) is 0.738.